The van der Waals surface area contributed by atoms with Gasteiger partial charge >= 0.3 is 7.59 Å². The van der Waals surface area contributed by atoms with Crippen molar-refractivity contribution in [3.05, 3.63) is 23.8 Å². The fourth-order valence-electron chi connectivity index (χ4n) is 1.93. The Balaban J connectivity index is 2.22. The van der Waals surface area contributed by atoms with Crippen molar-refractivity contribution in [3.63, 3.8) is 0 Å². The Hall–Kier alpha value is -0.410. The average molecular weight is 308 g/mol. The Labute approximate surface area is 117 Å². The molecular formula is C11H16Cl2N3OP. The monoisotopic (exact) mass is 307 g/mol. The van der Waals surface area contributed by atoms with E-state index in [9.17, 15) is 4.57 Å². The zero-order valence-electron chi connectivity index (χ0n) is 10.1. The minimum atomic E-state index is -2.85. The zero-order chi connectivity index (χ0) is 13.2. The first-order chi connectivity index (χ1) is 8.59. The van der Waals surface area contributed by atoms with Crippen molar-refractivity contribution in [3.8, 4) is 0 Å². The van der Waals surface area contributed by atoms with Crippen LogP contribution in [-0.2, 0) is 4.57 Å². The van der Waals surface area contributed by atoms with Gasteiger partial charge in [0.2, 0.25) is 0 Å². The molecule has 1 aliphatic rings. The minimum Gasteiger partial charge on any atom is -0.306 e. The summed E-state index contributed by atoms with van der Waals surface area (Å²) in [6, 6.07) is 5.88. The largest absolute Gasteiger partial charge is 0.330 e. The SMILES string of the molecule is Cc1ccc2c(c1)NP(=O)(N(CCCl)CCCl)N2. The van der Waals surface area contributed by atoms with Gasteiger partial charge in [-0.15, -0.1) is 23.2 Å². The van der Waals surface area contributed by atoms with E-state index in [0.29, 0.717) is 24.8 Å². The highest BCUT2D eigenvalue weighted by atomic mass is 35.5. The molecule has 0 spiro atoms. The molecule has 0 aromatic heterocycles. The van der Waals surface area contributed by atoms with Crippen LogP contribution in [0.2, 0.25) is 0 Å². The second-order valence-electron chi connectivity index (χ2n) is 4.18. The number of hydrogen-bond acceptors (Lipinski definition) is 1. The number of hydrogen-bond donors (Lipinski definition) is 2. The molecule has 2 N–H and O–H groups in total. The van der Waals surface area contributed by atoms with E-state index in [4.69, 9.17) is 23.2 Å². The topological polar surface area (TPSA) is 44.4 Å². The molecule has 4 nitrogen and oxygen atoms in total. The van der Waals surface area contributed by atoms with Crippen molar-refractivity contribution < 1.29 is 4.57 Å². The maximum Gasteiger partial charge on any atom is 0.330 e. The van der Waals surface area contributed by atoms with Crippen LogP contribution >= 0.6 is 30.8 Å². The van der Waals surface area contributed by atoms with E-state index in [1.807, 2.05) is 25.1 Å². The summed E-state index contributed by atoms with van der Waals surface area (Å²) in [6.07, 6.45) is 0. The molecule has 1 unspecified atom stereocenters. The summed E-state index contributed by atoms with van der Waals surface area (Å²) in [5.74, 6) is 0.833. The maximum atomic E-state index is 12.8. The van der Waals surface area contributed by atoms with Gasteiger partial charge in [0.05, 0.1) is 11.4 Å². The Kier molecular flexibility index (Phi) is 4.44. The molecule has 0 aliphatic carbocycles. The van der Waals surface area contributed by atoms with Crippen LogP contribution in [0.4, 0.5) is 11.4 Å². The Morgan fingerprint density at radius 1 is 1.17 bits per heavy atom. The van der Waals surface area contributed by atoms with E-state index in [2.05, 4.69) is 10.2 Å². The lowest BCUT2D eigenvalue weighted by atomic mass is 10.2. The van der Waals surface area contributed by atoms with Gasteiger partial charge in [-0.05, 0) is 24.6 Å². The van der Waals surface area contributed by atoms with Gasteiger partial charge < -0.3 is 10.2 Å². The highest BCUT2D eigenvalue weighted by molar-refractivity contribution is 7.65. The van der Waals surface area contributed by atoms with E-state index in [1.54, 1.807) is 4.67 Å². The van der Waals surface area contributed by atoms with Gasteiger partial charge in [-0.3, -0.25) is 4.57 Å². The van der Waals surface area contributed by atoms with Gasteiger partial charge in [-0.2, -0.15) is 0 Å². The van der Waals surface area contributed by atoms with Crippen molar-refractivity contribution in [1.29, 1.82) is 0 Å². The van der Waals surface area contributed by atoms with Gasteiger partial charge in [0, 0.05) is 24.8 Å². The molecule has 1 aromatic carbocycles. The zero-order valence-corrected chi connectivity index (χ0v) is 12.5. The molecule has 0 saturated carbocycles. The van der Waals surface area contributed by atoms with Crippen LogP contribution in [0.3, 0.4) is 0 Å². The highest BCUT2D eigenvalue weighted by Gasteiger charge is 2.36. The number of anilines is 2. The molecule has 1 atom stereocenters. The Morgan fingerprint density at radius 3 is 2.39 bits per heavy atom. The molecule has 1 aromatic rings. The smallest absolute Gasteiger partial charge is 0.306 e. The summed E-state index contributed by atoms with van der Waals surface area (Å²) < 4.78 is 14.6. The second-order valence-corrected chi connectivity index (χ2v) is 7.10. The summed E-state index contributed by atoms with van der Waals surface area (Å²) in [6.45, 7) is 3.05. The van der Waals surface area contributed by atoms with Crippen LogP contribution in [-0.4, -0.2) is 29.5 Å². The van der Waals surface area contributed by atoms with Gasteiger partial charge in [-0.25, -0.2) is 4.67 Å². The standard InChI is InChI=1S/C11H16Cl2N3OP/c1-9-2-3-10-11(8-9)15-18(17,14-10)16(6-4-12)7-5-13/h2-3,8H,4-7H2,1H3,(H2,14,15,17). The molecule has 0 amide bonds. The van der Waals surface area contributed by atoms with Crippen LogP contribution in [0.15, 0.2) is 18.2 Å². The third-order valence-electron chi connectivity index (χ3n) is 2.80. The highest BCUT2D eigenvalue weighted by Crippen LogP contribution is 2.56. The van der Waals surface area contributed by atoms with Gasteiger partial charge in [0.1, 0.15) is 0 Å². The minimum absolute atomic E-state index is 0.416. The first-order valence-corrected chi connectivity index (χ1v) is 8.46. The Morgan fingerprint density at radius 2 is 1.78 bits per heavy atom. The van der Waals surface area contributed by atoms with Crippen LogP contribution in [0.1, 0.15) is 5.56 Å². The number of alkyl halides is 2. The van der Waals surface area contributed by atoms with Crippen LogP contribution in [0.25, 0.3) is 0 Å². The maximum absolute atomic E-state index is 12.8. The van der Waals surface area contributed by atoms with Crippen molar-refractivity contribution in [2.45, 2.75) is 6.92 Å². The molecule has 1 heterocycles. The third kappa shape index (κ3) is 2.77. The number of rotatable bonds is 5. The number of halogens is 2. The molecule has 7 heteroatoms. The van der Waals surface area contributed by atoms with Crippen molar-refractivity contribution in [1.82, 2.24) is 4.67 Å². The fourth-order valence-corrected chi connectivity index (χ4v) is 4.71. The molecule has 0 radical (unpaired) electrons. The summed E-state index contributed by atoms with van der Waals surface area (Å²) in [5.41, 5.74) is 2.85. The summed E-state index contributed by atoms with van der Waals surface area (Å²) >= 11 is 11.5. The van der Waals surface area contributed by atoms with E-state index >= 15 is 0 Å². The summed E-state index contributed by atoms with van der Waals surface area (Å²) in [5, 5.41) is 6.14. The molecule has 0 fully saturated rings. The summed E-state index contributed by atoms with van der Waals surface area (Å²) in [4.78, 5) is 0. The quantitative estimate of drug-likeness (QED) is 0.643. The van der Waals surface area contributed by atoms with Gasteiger partial charge in [0.25, 0.3) is 0 Å². The van der Waals surface area contributed by atoms with Crippen molar-refractivity contribution in [2.24, 2.45) is 0 Å². The van der Waals surface area contributed by atoms with Crippen LogP contribution < -0.4 is 10.2 Å². The van der Waals surface area contributed by atoms with Crippen molar-refractivity contribution in [2.75, 3.05) is 35.0 Å². The predicted molar refractivity (Wildman–Crippen MR) is 79.0 cm³/mol. The lowest BCUT2D eigenvalue weighted by Crippen LogP contribution is -2.29. The second kappa shape index (κ2) is 5.70. The van der Waals surface area contributed by atoms with Gasteiger partial charge in [0.15, 0.2) is 0 Å². The number of nitrogens with zero attached hydrogens (tertiary/aromatic N) is 1. The molecule has 0 bridgehead atoms. The predicted octanol–water partition coefficient (Wildman–Crippen LogP) is 3.72. The normalized spacial score (nSPS) is 21.6. The first-order valence-electron chi connectivity index (χ1n) is 5.73. The number of nitrogens with one attached hydrogen (secondary N) is 2. The lowest BCUT2D eigenvalue weighted by molar-refractivity contribution is 0.455. The molecule has 0 saturated heterocycles. The third-order valence-corrected chi connectivity index (χ3v) is 5.43. The van der Waals surface area contributed by atoms with Crippen LogP contribution in [0.5, 0.6) is 0 Å². The molecule has 2 rings (SSSR count). The molecule has 1 aliphatic heterocycles. The number of benzene rings is 1. The fraction of sp³-hybridized carbons (Fsp3) is 0.455. The molecule has 100 valence electrons. The Bertz CT molecular complexity index is 477. The molecule has 18 heavy (non-hydrogen) atoms. The van der Waals surface area contributed by atoms with E-state index in [1.165, 1.54) is 0 Å². The van der Waals surface area contributed by atoms with Gasteiger partial charge in [-0.1, -0.05) is 6.07 Å². The van der Waals surface area contributed by atoms with E-state index < -0.39 is 7.59 Å². The molecular weight excluding hydrogens is 292 g/mol. The first kappa shape index (κ1) is 14.0. The van der Waals surface area contributed by atoms with E-state index in [-0.39, 0.29) is 0 Å². The summed E-state index contributed by atoms with van der Waals surface area (Å²) in [7, 11) is -2.85. The number of aryl methyl sites for hydroxylation is 1. The average Bonchev–Trinajstić information content (AvgIpc) is 2.65. The number of fused-ring (bicyclic) bond motifs is 1. The van der Waals surface area contributed by atoms with Crippen LogP contribution in [0, 0.1) is 6.92 Å². The lowest BCUT2D eigenvalue weighted by Gasteiger charge is -2.27. The van der Waals surface area contributed by atoms with E-state index in [0.717, 1.165) is 16.9 Å². The van der Waals surface area contributed by atoms with Crippen molar-refractivity contribution >= 4 is 42.2 Å².